The molecule has 19 heavy (non-hydrogen) atoms. The van der Waals surface area contributed by atoms with Crippen molar-refractivity contribution in [2.45, 2.75) is 51.7 Å². The maximum absolute atomic E-state index is 10.2. The molecule has 1 saturated heterocycles. The van der Waals surface area contributed by atoms with Gasteiger partial charge in [-0.3, -0.25) is 0 Å². The average molecular weight is 264 g/mol. The summed E-state index contributed by atoms with van der Waals surface area (Å²) in [6.07, 6.45) is 1.25. The van der Waals surface area contributed by atoms with E-state index in [4.69, 9.17) is 10.5 Å². The van der Waals surface area contributed by atoms with Crippen LogP contribution >= 0.6 is 0 Å². The summed E-state index contributed by atoms with van der Waals surface area (Å²) in [6.45, 7) is 6.70. The first-order valence-corrected chi connectivity index (χ1v) is 6.84. The number of likely N-dealkylation sites (tertiary alicyclic amines) is 1. The molecule has 1 aliphatic rings. The van der Waals surface area contributed by atoms with E-state index in [0.717, 1.165) is 25.1 Å². The molecule has 4 heteroatoms. The zero-order chi connectivity index (χ0) is 14.0. The SMILES string of the molecule is CC(C)(C)OC(O)N1CCCC1c1ccc(N)cc1. The minimum atomic E-state index is -0.856. The van der Waals surface area contributed by atoms with E-state index in [1.165, 1.54) is 5.56 Å². The number of nitrogens with zero attached hydrogens (tertiary/aromatic N) is 1. The Kier molecular flexibility index (Phi) is 4.13. The topological polar surface area (TPSA) is 58.7 Å². The molecule has 3 N–H and O–H groups in total. The number of benzene rings is 1. The van der Waals surface area contributed by atoms with Crippen molar-refractivity contribution in [3.63, 3.8) is 0 Å². The molecule has 1 heterocycles. The molecule has 0 bridgehead atoms. The number of nitrogens with two attached hydrogens (primary N) is 1. The second-order valence-corrected chi connectivity index (χ2v) is 6.12. The number of rotatable bonds is 3. The van der Waals surface area contributed by atoms with Crippen molar-refractivity contribution in [3.8, 4) is 0 Å². The number of ether oxygens (including phenoxy) is 1. The van der Waals surface area contributed by atoms with Crippen molar-refractivity contribution in [2.75, 3.05) is 12.3 Å². The summed E-state index contributed by atoms with van der Waals surface area (Å²) in [5, 5.41) is 10.2. The van der Waals surface area contributed by atoms with Crippen LogP contribution in [0.3, 0.4) is 0 Å². The van der Waals surface area contributed by atoms with Gasteiger partial charge in [0.2, 0.25) is 6.41 Å². The van der Waals surface area contributed by atoms with Gasteiger partial charge < -0.3 is 15.6 Å². The van der Waals surface area contributed by atoms with Gasteiger partial charge in [0.05, 0.1) is 5.60 Å². The Morgan fingerprint density at radius 3 is 2.53 bits per heavy atom. The third kappa shape index (κ3) is 3.69. The van der Waals surface area contributed by atoms with E-state index < -0.39 is 6.41 Å². The maximum Gasteiger partial charge on any atom is 0.217 e. The molecule has 0 amide bonds. The number of aliphatic hydroxyl groups excluding tert-OH is 1. The molecular formula is C15H24N2O2. The monoisotopic (exact) mass is 264 g/mol. The van der Waals surface area contributed by atoms with Crippen LogP contribution in [0.2, 0.25) is 0 Å². The molecule has 2 atom stereocenters. The minimum Gasteiger partial charge on any atom is -0.399 e. The molecule has 2 unspecified atom stereocenters. The number of nitrogen functional groups attached to an aromatic ring is 1. The fourth-order valence-electron chi connectivity index (χ4n) is 2.51. The first-order chi connectivity index (χ1) is 8.87. The molecule has 0 aromatic heterocycles. The highest BCUT2D eigenvalue weighted by Crippen LogP contribution is 2.34. The molecule has 2 rings (SSSR count). The van der Waals surface area contributed by atoms with Crippen LogP contribution < -0.4 is 5.73 Å². The summed E-state index contributed by atoms with van der Waals surface area (Å²) in [6, 6.07) is 8.08. The Morgan fingerprint density at radius 2 is 1.95 bits per heavy atom. The fraction of sp³-hybridized carbons (Fsp3) is 0.600. The van der Waals surface area contributed by atoms with Crippen LogP contribution in [0.4, 0.5) is 5.69 Å². The van der Waals surface area contributed by atoms with Gasteiger partial charge in [-0.25, -0.2) is 4.90 Å². The molecule has 0 aliphatic carbocycles. The highest BCUT2D eigenvalue weighted by atomic mass is 16.6. The van der Waals surface area contributed by atoms with Gasteiger partial charge >= 0.3 is 0 Å². The lowest BCUT2D eigenvalue weighted by molar-refractivity contribution is -0.242. The first kappa shape index (κ1) is 14.3. The molecule has 0 spiro atoms. The normalized spacial score (nSPS) is 22.6. The van der Waals surface area contributed by atoms with Crippen LogP contribution in [0.15, 0.2) is 24.3 Å². The van der Waals surface area contributed by atoms with Crippen LogP contribution in [-0.4, -0.2) is 28.6 Å². The largest absolute Gasteiger partial charge is 0.399 e. The van der Waals surface area contributed by atoms with Crippen molar-refractivity contribution in [2.24, 2.45) is 0 Å². The smallest absolute Gasteiger partial charge is 0.217 e. The summed E-state index contributed by atoms with van der Waals surface area (Å²) in [5.74, 6) is 0. The highest BCUT2D eigenvalue weighted by molar-refractivity contribution is 5.40. The summed E-state index contributed by atoms with van der Waals surface area (Å²) in [7, 11) is 0. The number of anilines is 1. The molecule has 106 valence electrons. The van der Waals surface area contributed by atoms with Gasteiger partial charge in [-0.1, -0.05) is 12.1 Å². The number of hydrogen-bond donors (Lipinski definition) is 2. The summed E-state index contributed by atoms with van der Waals surface area (Å²) in [5.41, 5.74) is 7.31. The molecule has 4 nitrogen and oxygen atoms in total. The second kappa shape index (κ2) is 5.49. The van der Waals surface area contributed by atoms with Crippen LogP contribution in [-0.2, 0) is 4.74 Å². The van der Waals surface area contributed by atoms with Crippen LogP contribution in [0.5, 0.6) is 0 Å². The van der Waals surface area contributed by atoms with Gasteiger partial charge in [0.25, 0.3) is 0 Å². The predicted molar refractivity (Wildman–Crippen MR) is 76.4 cm³/mol. The Balaban J connectivity index is 2.10. The van der Waals surface area contributed by atoms with Gasteiger partial charge in [0.15, 0.2) is 0 Å². The van der Waals surface area contributed by atoms with Gasteiger partial charge in [-0.2, -0.15) is 0 Å². The fourth-order valence-corrected chi connectivity index (χ4v) is 2.51. The van der Waals surface area contributed by atoms with Crippen molar-refractivity contribution in [1.29, 1.82) is 0 Å². The number of aliphatic hydroxyl groups is 1. The maximum atomic E-state index is 10.2. The average Bonchev–Trinajstić information content (AvgIpc) is 2.76. The predicted octanol–water partition coefficient (Wildman–Crippen LogP) is 2.50. The molecule has 1 aromatic rings. The van der Waals surface area contributed by atoms with Gasteiger partial charge in [-0.15, -0.1) is 0 Å². The third-order valence-corrected chi connectivity index (χ3v) is 3.36. The van der Waals surface area contributed by atoms with E-state index in [1.807, 2.05) is 49.9 Å². The van der Waals surface area contributed by atoms with Crippen molar-refractivity contribution >= 4 is 5.69 Å². The second-order valence-electron chi connectivity index (χ2n) is 6.12. The molecule has 1 fully saturated rings. The Hall–Kier alpha value is -1.10. The number of hydrogen-bond acceptors (Lipinski definition) is 4. The molecule has 1 aromatic carbocycles. The standard InChI is InChI=1S/C15H24N2O2/c1-15(2,3)19-14(18)17-10-4-5-13(17)11-6-8-12(16)9-7-11/h6-9,13-14,18H,4-5,10,16H2,1-3H3. The van der Waals surface area contributed by atoms with Gasteiger partial charge in [0, 0.05) is 18.3 Å². The van der Waals surface area contributed by atoms with E-state index in [0.29, 0.717) is 0 Å². The van der Waals surface area contributed by atoms with Crippen molar-refractivity contribution in [3.05, 3.63) is 29.8 Å². The summed E-state index contributed by atoms with van der Waals surface area (Å²) >= 11 is 0. The Bertz CT molecular complexity index is 411. The van der Waals surface area contributed by atoms with Crippen molar-refractivity contribution < 1.29 is 9.84 Å². The molecule has 0 saturated carbocycles. The van der Waals surface area contributed by atoms with Gasteiger partial charge in [0.1, 0.15) is 0 Å². The lowest BCUT2D eigenvalue weighted by Gasteiger charge is -2.33. The van der Waals surface area contributed by atoms with Crippen LogP contribution in [0.1, 0.15) is 45.2 Å². The summed E-state index contributed by atoms with van der Waals surface area (Å²) in [4.78, 5) is 2.01. The molecule has 0 radical (unpaired) electrons. The first-order valence-electron chi connectivity index (χ1n) is 6.84. The third-order valence-electron chi connectivity index (χ3n) is 3.36. The lowest BCUT2D eigenvalue weighted by Crippen LogP contribution is -2.41. The van der Waals surface area contributed by atoms with E-state index in [9.17, 15) is 5.11 Å². The van der Waals surface area contributed by atoms with E-state index >= 15 is 0 Å². The Morgan fingerprint density at radius 1 is 1.32 bits per heavy atom. The van der Waals surface area contributed by atoms with Gasteiger partial charge in [-0.05, 0) is 51.3 Å². The lowest BCUT2D eigenvalue weighted by atomic mass is 10.0. The Labute approximate surface area is 115 Å². The highest BCUT2D eigenvalue weighted by Gasteiger charge is 2.33. The zero-order valence-corrected chi connectivity index (χ0v) is 12.0. The van der Waals surface area contributed by atoms with E-state index in [2.05, 4.69) is 0 Å². The zero-order valence-electron chi connectivity index (χ0n) is 12.0. The minimum absolute atomic E-state index is 0.206. The van der Waals surface area contributed by atoms with Crippen LogP contribution in [0, 0.1) is 0 Å². The van der Waals surface area contributed by atoms with E-state index in [1.54, 1.807) is 0 Å². The molecule has 1 aliphatic heterocycles. The molecular weight excluding hydrogens is 240 g/mol. The quantitative estimate of drug-likeness (QED) is 0.650. The van der Waals surface area contributed by atoms with E-state index in [-0.39, 0.29) is 11.6 Å². The summed E-state index contributed by atoms with van der Waals surface area (Å²) < 4.78 is 5.65. The van der Waals surface area contributed by atoms with Crippen molar-refractivity contribution in [1.82, 2.24) is 4.90 Å². The van der Waals surface area contributed by atoms with Crippen LogP contribution in [0.25, 0.3) is 0 Å².